The van der Waals surface area contributed by atoms with Crippen LogP contribution in [-0.4, -0.2) is 26.0 Å². The number of hydrogen-bond acceptors (Lipinski definition) is 4. The van der Waals surface area contributed by atoms with E-state index < -0.39 is 0 Å². The van der Waals surface area contributed by atoms with Gasteiger partial charge in [-0.25, -0.2) is 0 Å². The van der Waals surface area contributed by atoms with Gasteiger partial charge in [-0.05, 0) is 48.1 Å². The van der Waals surface area contributed by atoms with Gasteiger partial charge in [0.2, 0.25) is 5.91 Å². The summed E-state index contributed by atoms with van der Waals surface area (Å²) in [5.74, 6) is -0.167. The van der Waals surface area contributed by atoms with Crippen molar-refractivity contribution >= 4 is 40.0 Å². The Morgan fingerprint density at radius 1 is 0.893 bits per heavy atom. The van der Waals surface area contributed by atoms with Crippen molar-refractivity contribution in [2.75, 3.05) is 5.32 Å². The van der Waals surface area contributed by atoms with Gasteiger partial charge < -0.3 is 10.6 Å². The van der Waals surface area contributed by atoms with E-state index in [0.29, 0.717) is 0 Å². The fourth-order valence-electron chi connectivity index (χ4n) is 2.78. The van der Waals surface area contributed by atoms with Gasteiger partial charge >= 0.3 is 0 Å². The monoisotopic (exact) mass is 387 g/mol. The average molecular weight is 387 g/mol. The molecule has 0 unspecified atom stereocenters. The highest BCUT2D eigenvalue weighted by molar-refractivity contribution is 7.80. The van der Waals surface area contributed by atoms with Crippen molar-refractivity contribution in [2.45, 2.75) is 6.42 Å². The molecule has 6 nitrogen and oxygen atoms in total. The summed E-state index contributed by atoms with van der Waals surface area (Å²) in [4.78, 5) is 13.7. The van der Waals surface area contributed by atoms with Gasteiger partial charge in [-0.3, -0.25) is 4.79 Å². The number of carbonyl (C=O) groups excluding carboxylic acids is 1. The van der Waals surface area contributed by atoms with Gasteiger partial charge in [0.15, 0.2) is 5.11 Å². The SMILES string of the molecule is O=C(Cc1ccccc1)NC(=S)Nc1ccc2nn(-c3ccccc3)nc2c1. The molecule has 28 heavy (non-hydrogen) atoms. The molecule has 1 amide bonds. The van der Waals surface area contributed by atoms with Crippen LogP contribution in [0.1, 0.15) is 5.56 Å². The van der Waals surface area contributed by atoms with E-state index in [1.807, 2.05) is 78.9 Å². The fourth-order valence-corrected chi connectivity index (χ4v) is 3.02. The minimum Gasteiger partial charge on any atom is -0.332 e. The molecule has 0 saturated carbocycles. The van der Waals surface area contributed by atoms with Crippen LogP contribution >= 0.6 is 12.2 Å². The Morgan fingerprint density at radius 2 is 1.57 bits per heavy atom. The van der Waals surface area contributed by atoms with Crippen molar-refractivity contribution in [3.05, 3.63) is 84.4 Å². The van der Waals surface area contributed by atoms with Gasteiger partial charge in [-0.15, -0.1) is 10.2 Å². The van der Waals surface area contributed by atoms with E-state index in [9.17, 15) is 4.79 Å². The van der Waals surface area contributed by atoms with Crippen molar-refractivity contribution < 1.29 is 4.79 Å². The first-order valence-corrected chi connectivity index (χ1v) is 9.15. The molecule has 7 heteroatoms. The van der Waals surface area contributed by atoms with Crippen molar-refractivity contribution in [3.8, 4) is 5.69 Å². The van der Waals surface area contributed by atoms with Gasteiger partial charge in [-0.2, -0.15) is 4.80 Å². The average Bonchev–Trinajstić information content (AvgIpc) is 3.12. The zero-order valence-corrected chi connectivity index (χ0v) is 15.7. The molecule has 0 aliphatic carbocycles. The number of nitrogens with zero attached hydrogens (tertiary/aromatic N) is 3. The third-order valence-electron chi connectivity index (χ3n) is 4.09. The molecule has 0 radical (unpaired) electrons. The van der Waals surface area contributed by atoms with E-state index in [2.05, 4.69) is 20.8 Å². The molecule has 0 spiro atoms. The van der Waals surface area contributed by atoms with Crippen molar-refractivity contribution in [1.29, 1.82) is 0 Å². The first-order valence-electron chi connectivity index (χ1n) is 8.75. The Balaban J connectivity index is 1.43. The third-order valence-corrected chi connectivity index (χ3v) is 4.29. The Labute approximate surface area is 167 Å². The molecule has 0 atom stereocenters. The van der Waals surface area contributed by atoms with Crippen LogP contribution < -0.4 is 10.6 Å². The summed E-state index contributed by atoms with van der Waals surface area (Å²) in [5, 5.41) is 14.9. The van der Waals surface area contributed by atoms with Crippen LogP contribution in [0.5, 0.6) is 0 Å². The van der Waals surface area contributed by atoms with E-state index in [0.717, 1.165) is 28.0 Å². The van der Waals surface area contributed by atoms with E-state index in [1.54, 1.807) is 4.80 Å². The molecule has 138 valence electrons. The Kier molecular flexibility index (Phi) is 5.07. The number of aromatic nitrogens is 3. The summed E-state index contributed by atoms with van der Waals surface area (Å²) in [6.07, 6.45) is 0.271. The van der Waals surface area contributed by atoms with Crippen molar-refractivity contribution in [1.82, 2.24) is 20.3 Å². The lowest BCUT2D eigenvalue weighted by molar-refractivity contribution is -0.119. The van der Waals surface area contributed by atoms with Crippen LogP contribution in [0.2, 0.25) is 0 Å². The number of rotatable bonds is 4. The number of hydrogen-bond donors (Lipinski definition) is 2. The molecule has 2 N–H and O–H groups in total. The highest BCUT2D eigenvalue weighted by Crippen LogP contribution is 2.17. The van der Waals surface area contributed by atoms with Crippen LogP contribution in [0.3, 0.4) is 0 Å². The Bertz CT molecular complexity index is 1130. The number of amides is 1. The molecule has 3 aromatic carbocycles. The van der Waals surface area contributed by atoms with E-state index in [4.69, 9.17) is 12.2 Å². The first-order chi connectivity index (χ1) is 13.7. The number of para-hydroxylation sites is 1. The molecule has 0 bridgehead atoms. The van der Waals surface area contributed by atoms with Gasteiger partial charge in [0.05, 0.1) is 12.1 Å². The van der Waals surface area contributed by atoms with Gasteiger partial charge in [0.1, 0.15) is 11.0 Å². The summed E-state index contributed by atoms with van der Waals surface area (Å²) >= 11 is 5.25. The third kappa shape index (κ3) is 4.21. The zero-order valence-electron chi connectivity index (χ0n) is 14.9. The van der Waals surface area contributed by atoms with Crippen LogP contribution in [-0.2, 0) is 11.2 Å². The maximum atomic E-state index is 12.1. The second-order valence-corrected chi connectivity index (χ2v) is 6.60. The van der Waals surface area contributed by atoms with Gasteiger partial charge in [-0.1, -0.05) is 48.5 Å². The number of nitrogens with one attached hydrogen (secondary N) is 2. The standard InChI is InChI=1S/C21H17N5OS/c27-20(13-15-7-3-1-4-8-15)23-21(28)22-16-11-12-18-19(14-16)25-26(24-18)17-9-5-2-6-10-17/h1-12,14H,13H2,(H2,22,23,27,28). The minimum atomic E-state index is -0.167. The first kappa shape index (κ1) is 17.8. The van der Waals surface area contributed by atoms with Crippen molar-refractivity contribution in [2.24, 2.45) is 0 Å². The predicted octanol–water partition coefficient (Wildman–Crippen LogP) is 3.48. The summed E-state index contributed by atoms with van der Waals surface area (Å²) in [7, 11) is 0. The molecule has 4 rings (SSSR count). The van der Waals surface area contributed by atoms with E-state index >= 15 is 0 Å². The fraction of sp³-hybridized carbons (Fsp3) is 0.0476. The summed E-state index contributed by atoms with van der Waals surface area (Å²) < 4.78 is 0. The topological polar surface area (TPSA) is 71.8 Å². The molecule has 0 aliphatic rings. The zero-order chi connectivity index (χ0) is 19.3. The van der Waals surface area contributed by atoms with Crippen molar-refractivity contribution in [3.63, 3.8) is 0 Å². The summed E-state index contributed by atoms with van der Waals surface area (Å²) in [6.45, 7) is 0. The molecular formula is C21H17N5OS. The van der Waals surface area contributed by atoms with Gasteiger partial charge in [0.25, 0.3) is 0 Å². The largest absolute Gasteiger partial charge is 0.332 e. The predicted molar refractivity (Wildman–Crippen MR) is 113 cm³/mol. The van der Waals surface area contributed by atoms with E-state index in [-0.39, 0.29) is 17.4 Å². The number of benzene rings is 3. The Morgan fingerprint density at radius 3 is 2.32 bits per heavy atom. The normalized spacial score (nSPS) is 10.6. The molecule has 1 heterocycles. The smallest absolute Gasteiger partial charge is 0.230 e. The Hall–Kier alpha value is -3.58. The molecule has 0 saturated heterocycles. The minimum absolute atomic E-state index is 0.167. The maximum absolute atomic E-state index is 12.1. The maximum Gasteiger partial charge on any atom is 0.230 e. The van der Waals surface area contributed by atoms with Gasteiger partial charge in [0, 0.05) is 5.69 Å². The number of fused-ring (bicyclic) bond motifs is 1. The molecule has 0 aliphatic heterocycles. The van der Waals surface area contributed by atoms with E-state index in [1.165, 1.54) is 0 Å². The van der Waals surface area contributed by atoms with Crippen LogP contribution in [0.15, 0.2) is 78.9 Å². The second kappa shape index (κ2) is 7.98. The molecule has 4 aromatic rings. The van der Waals surface area contributed by atoms with Crippen LogP contribution in [0.25, 0.3) is 16.7 Å². The number of anilines is 1. The number of carbonyl (C=O) groups is 1. The van der Waals surface area contributed by atoms with Crippen LogP contribution in [0.4, 0.5) is 5.69 Å². The lowest BCUT2D eigenvalue weighted by Gasteiger charge is -2.09. The second-order valence-electron chi connectivity index (χ2n) is 6.19. The lowest BCUT2D eigenvalue weighted by Crippen LogP contribution is -2.35. The summed E-state index contributed by atoms with van der Waals surface area (Å²) in [5.41, 5.74) is 4.05. The molecular weight excluding hydrogens is 370 g/mol. The highest BCUT2D eigenvalue weighted by atomic mass is 32.1. The highest BCUT2D eigenvalue weighted by Gasteiger charge is 2.08. The quantitative estimate of drug-likeness (QED) is 0.525. The van der Waals surface area contributed by atoms with Crippen LogP contribution in [0, 0.1) is 0 Å². The number of thiocarbonyl (C=S) groups is 1. The molecule has 1 aromatic heterocycles. The summed E-state index contributed by atoms with van der Waals surface area (Å²) in [6, 6.07) is 24.8. The lowest BCUT2D eigenvalue weighted by atomic mass is 10.1. The molecule has 0 fully saturated rings.